The molecule has 7 nitrogen and oxygen atoms in total. The molecule has 0 fully saturated rings. The van der Waals surface area contributed by atoms with Gasteiger partial charge >= 0.3 is 0 Å². The van der Waals surface area contributed by atoms with Crippen LogP contribution in [0.5, 0.6) is 5.75 Å². The number of allylic oxidation sites excluding steroid dienone is 1. The molecule has 200 valence electrons. The molecule has 39 heavy (non-hydrogen) atoms. The molecule has 1 aromatic heterocycles. The molecule has 1 aliphatic rings. The minimum Gasteiger partial charge on any atom is -0.489 e. The second-order valence-electron chi connectivity index (χ2n) is 10.0. The summed E-state index contributed by atoms with van der Waals surface area (Å²) in [5.74, 6) is 2.31. The van der Waals surface area contributed by atoms with E-state index in [0.717, 1.165) is 58.2 Å². The van der Waals surface area contributed by atoms with Gasteiger partial charge in [-0.3, -0.25) is 9.36 Å². The molecule has 0 radical (unpaired) electrons. The van der Waals surface area contributed by atoms with Crippen molar-refractivity contribution in [3.63, 3.8) is 0 Å². The lowest BCUT2D eigenvalue weighted by molar-refractivity contribution is -0.121. The molecule has 1 atom stereocenters. The first-order chi connectivity index (χ1) is 18.9. The summed E-state index contributed by atoms with van der Waals surface area (Å²) >= 11 is 0. The molecule has 7 heteroatoms. The molecule has 4 aromatic rings. The molecule has 0 saturated carbocycles. The van der Waals surface area contributed by atoms with Crippen LogP contribution in [0.1, 0.15) is 66.0 Å². The van der Waals surface area contributed by atoms with Crippen LogP contribution < -0.4 is 15.8 Å². The first-order valence-electron chi connectivity index (χ1n) is 13.5. The number of nitrogens with two attached hydrogens (primary N) is 1. The van der Waals surface area contributed by atoms with Crippen LogP contribution in [0, 0.1) is 13.8 Å². The molecule has 0 bridgehead atoms. The Hall–Kier alpha value is -4.39. The van der Waals surface area contributed by atoms with Crippen molar-refractivity contribution in [3.8, 4) is 11.4 Å². The minimum atomic E-state index is -0.0591. The van der Waals surface area contributed by atoms with E-state index < -0.39 is 0 Å². The zero-order valence-corrected chi connectivity index (χ0v) is 22.8. The Kier molecular flexibility index (Phi) is 7.77. The standard InChI is InChI=1S/C32H35N5O2/c1-4-34-31(38)18-24-9-7-10-27(23-14-12-21(2)13-15-23)28-19-26(39-20-25-8-5-6-11-29(25)33)16-17-30(28)37-22(3)35-36-32(24)37/h5-6,8,10-17,19,24H,4,7,9,18,20,33H2,1-3H3,(H,34,38). The number of carbonyl (C=O) groups is 1. The predicted molar refractivity (Wildman–Crippen MR) is 155 cm³/mol. The van der Waals surface area contributed by atoms with Crippen molar-refractivity contribution in [2.45, 2.75) is 52.6 Å². The Morgan fingerprint density at radius 3 is 2.64 bits per heavy atom. The summed E-state index contributed by atoms with van der Waals surface area (Å²) in [5.41, 5.74) is 13.3. The number of amides is 1. The van der Waals surface area contributed by atoms with Crippen LogP contribution in [0.3, 0.4) is 0 Å². The fourth-order valence-electron chi connectivity index (χ4n) is 5.14. The van der Waals surface area contributed by atoms with E-state index in [-0.39, 0.29) is 11.8 Å². The van der Waals surface area contributed by atoms with Gasteiger partial charge in [0, 0.05) is 35.7 Å². The Labute approximate surface area is 229 Å². The number of hydrogen-bond acceptors (Lipinski definition) is 5. The maximum atomic E-state index is 12.6. The van der Waals surface area contributed by atoms with Crippen molar-refractivity contribution in [2.75, 3.05) is 12.3 Å². The lowest BCUT2D eigenvalue weighted by atomic mass is 9.93. The molecular weight excluding hydrogens is 486 g/mol. The van der Waals surface area contributed by atoms with Crippen LogP contribution in [-0.2, 0) is 11.4 Å². The van der Waals surface area contributed by atoms with E-state index in [9.17, 15) is 4.79 Å². The van der Waals surface area contributed by atoms with Crippen LogP contribution in [0.2, 0.25) is 0 Å². The summed E-state index contributed by atoms with van der Waals surface area (Å²) in [5, 5.41) is 12.0. The molecular formula is C32H35N5O2. The number of hydrogen-bond donors (Lipinski definition) is 2. The molecule has 3 N–H and O–H groups in total. The number of nitrogen functional groups attached to an aromatic ring is 1. The van der Waals surface area contributed by atoms with Crippen molar-refractivity contribution in [2.24, 2.45) is 0 Å². The van der Waals surface area contributed by atoms with Gasteiger partial charge in [-0.05, 0) is 69.0 Å². The van der Waals surface area contributed by atoms with Crippen LogP contribution in [0.15, 0.2) is 72.8 Å². The molecule has 1 unspecified atom stereocenters. The third kappa shape index (κ3) is 5.72. The van der Waals surface area contributed by atoms with Crippen LogP contribution in [0.4, 0.5) is 5.69 Å². The van der Waals surface area contributed by atoms with E-state index >= 15 is 0 Å². The number of benzene rings is 3. The maximum Gasteiger partial charge on any atom is 0.220 e. The van der Waals surface area contributed by atoms with Crippen molar-refractivity contribution >= 4 is 17.2 Å². The molecule has 0 saturated heterocycles. The topological polar surface area (TPSA) is 95.1 Å². The summed E-state index contributed by atoms with van der Waals surface area (Å²) < 4.78 is 8.35. The van der Waals surface area contributed by atoms with Crippen molar-refractivity contribution in [1.82, 2.24) is 20.1 Å². The maximum absolute atomic E-state index is 12.6. The summed E-state index contributed by atoms with van der Waals surface area (Å²) in [6.07, 6.45) is 4.23. The largest absolute Gasteiger partial charge is 0.489 e. The molecule has 5 rings (SSSR count). The SMILES string of the molecule is CCNC(=O)CC1CCC=C(c2ccc(C)cc2)c2cc(OCc3ccccc3N)ccc2-n2c(C)nnc21. The highest BCUT2D eigenvalue weighted by atomic mass is 16.5. The quantitative estimate of drug-likeness (QED) is 0.296. The molecule has 1 aliphatic heterocycles. The Balaban J connectivity index is 1.62. The zero-order valence-electron chi connectivity index (χ0n) is 22.8. The van der Waals surface area contributed by atoms with Gasteiger partial charge in [0.2, 0.25) is 5.91 Å². The highest BCUT2D eigenvalue weighted by Gasteiger charge is 2.27. The number of ether oxygens (including phenoxy) is 1. The van der Waals surface area contributed by atoms with E-state index in [2.05, 4.69) is 69.5 Å². The van der Waals surface area contributed by atoms with Gasteiger partial charge in [-0.2, -0.15) is 0 Å². The van der Waals surface area contributed by atoms with E-state index in [1.165, 1.54) is 5.56 Å². The van der Waals surface area contributed by atoms with Gasteiger partial charge in [0.05, 0.1) is 5.69 Å². The normalized spacial score (nSPS) is 14.7. The predicted octanol–water partition coefficient (Wildman–Crippen LogP) is 5.88. The number of nitrogens with zero attached hydrogens (tertiary/aromatic N) is 3. The lowest BCUT2D eigenvalue weighted by Gasteiger charge is -2.20. The second-order valence-corrected chi connectivity index (χ2v) is 10.0. The average molecular weight is 522 g/mol. The zero-order chi connectivity index (χ0) is 27.4. The first-order valence-corrected chi connectivity index (χ1v) is 13.5. The molecule has 0 aliphatic carbocycles. The van der Waals surface area contributed by atoms with Gasteiger partial charge in [0.25, 0.3) is 0 Å². The molecule has 2 heterocycles. The van der Waals surface area contributed by atoms with E-state index in [1.807, 2.05) is 44.2 Å². The summed E-state index contributed by atoms with van der Waals surface area (Å²) in [7, 11) is 0. The van der Waals surface area contributed by atoms with Gasteiger partial charge in [-0.1, -0.05) is 54.1 Å². The summed E-state index contributed by atoms with van der Waals surface area (Å²) in [4.78, 5) is 12.6. The van der Waals surface area contributed by atoms with Crippen molar-refractivity contribution in [3.05, 3.63) is 107 Å². The van der Waals surface area contributed by atoms with Crippen molar-refractivity contribution in [1.29, 1.82) is 0 Å². The van der Waals surface area contributed by atoms with Gasteiger partial charge in [-0.15, -0.1) is 10.2 Å². The third-order valence-corrected chi connectivity index (χ3v) is 7.20. The Morgan fingerprint density at radius 1 is 1.08 bits per heavy atom. The number of carbonyl (C=O) groups excluding carboxylic acids is 1. The molecule has 3 aromatic carbocycles. The highest BCUT2D eigenvalue weighted by Crippen LogP contribution is 2.38. The Bertz CT molecular complexity index is 1500. The number of para-hydroxylation sites is 1. The van der Waals surface area contributed by atoms with Gasteiger partial charge in [-0.25, -0.2) is 0 Å². The van der Waals surface area contributed by atoms with Crippen LogP contribution >= 0.6 is 0 Å². The lowest BCUT2D eigenvalue weighted by Crippen LogP contribution is -2.25. The number of fused-ring (bicyclic) bond motifs is 3. The number of anilines is 1. The first kappa shape index (κ1) is 26.2. The van der Waals surface area contributed by atoms with E-state index in [4.69, 9.17) is 10.5 Å². The van der Waals surface area contributed by atoms with Crippen molar-refractivity contribution < 1.29 is 9.53 Å². The average Bonchev–Trinajstić information content (AvgIpc) is 3.33. The third-order valence-electron chi connectivity index (χ3n) is 7.20. The minimum absolute atomic E-state index is 0.0286. The summed E-state index contributed by atoms with van der Waals surface area (Å²) in [6.45, 7) is 6.97. The van der Waals surface area contributed by atoms with Gasteiger partial charge in [0.15, 0.2) is 0 Å². The van der Waals surface area contributed by atoms with E-state index in [0.29, 0.717) is 25.3 Å². The van der Waals surface area contributed by atoms with Crippen LogP contribution in [-0.4, -0.2) is 27.2 Å². The fraction of sp³-hybridized carbons (Fsp3) is 0.281. The number of rotatable bonds is 7. The molecule has 1 amide bonds. The Morgan fingerprint density at radius 2 is 1.87 bits per heavy atom. The van der Waals surface area contributed by atoms with Gasteiger partial charge in [0.1, 0.15) is 24.0 Å². The fourth-order valence-corrected chi connectivity index (χ4v) is 5.14. The van der Waals surface area contributed by atoms with Crippen LogP contribution in [0.25, 0.3) is 11.3 Å². The number of nitrogens with one attached hydrogen (secondary N) is 1. The number of aromatic nitrogens is 3. The monoisotopic (exact) mass is 521 g/mol. The number of aryl methyl sites for hydroxylation is 2. The smallest absolute Gasteiger partial charge is 0.220 e. The van der Waals surface area contributed by atoms with E-state index in [1.54, 1.807) is 0 Å². The molecule has 0 spiro atoms. The van der Waals surface area contributed by atoms with Gasteiger partial charge < -0.3 is 15.8 Å². The second kappa shape index (κ2) is 11.6. The summed E-state index contributed by atoms with van der Waals surface area (Å²) in [6, 6.07) is 22.5. The highest BCUT2D eigenvalue weighted by molar-refractivity contribution is 5.85.